The van der Waals surface area contributed by atoms with E-state index in [9.17, 15) is 0 Å². The van der Waals surface area contributed by atoms with E-state index in [4.69, 9.17) is 0 Å². The van der Waals surface area contributed by atoms with Crippen LogP contribution in [-0.4, -0.2) is 27.4 Å². The Kier molecular flexibility index (Phi) is 13.7. The van der Waals surface area contributed by atoms with Gasteiger partial charge in [-0.1, -0.05) is 295 Å². The van der Waals surface area contributed by atoms with Crippen molar-refractivity contribution in [3.05, 3.63) is 339 Å². The van der Waals surface area contributed by atoms with Gasteiger partial charge in [-0.25, -0.2) is 0 Å². The van der Waals surface area contributed by atoms with E-state index in [2.05, 4.69) is 370 Å². The topological polar surface area (TPSA) is 11.4 Å². The molecule has 430 valence electrons. The average Bonchev–Trinajstić information content (AvgIpc) is 0.710. The maximum Gasteiger partial charge on any atom is 0.252 e. The molecule has 3 nitrogen and oxygen atoms in total. The van der Waals surface area contributed by atoms with Crippen molar-refractivity contribution in [1.82, 2.24) is 4.57 Å². The van der Waals surface area contributed by atoms with Crippen molar-refractivity contribution in [2.75, 3.05) is 9.80 Å². The Morgan fingerprint density at radius 3 is 1.11 bits per heavy atom. The second-order valence-electron chi connectivity index (χ2n) is 25.1. The summed E-state index contributed by atoms with van der Waals surface area (Å²) in [6.07, 6.45) is 0. The number of anilines is 6. The SMILES string of the molecule is CC(C)c1ccc2c(c1)c1cc(C(C)C)ccc1n2-c1cc2c3c(c1)N(c1ccccc1[Si](c1ccccc1)(c1ccccc1)c1ccccc1)c1c(cccc1[Si](c1ccccc1)(c1ccccc1)c1ccccc1)B3c1ccccc1N2c1ccccc1. The molecule has 0 saturated heterocycles. The summed E-state index contributed by atoms with van der Waals surface area (Å²) in [4.78, 5) is 5.38. The fourth-order valence-corrected chi connectivity index (χ4v) is 25.5. The molecule has 0 bridgehead atoms. The molecule has 0 atom stereocenters. The summed E-state index contributed by atoms with van der Waals surface area (Å²) in [6, 6.07) is 126. The van der Waals surface area contributed by atoms with E-state index in [1.807, 2.05) is 0 Å². The molecule has 0 aliphatic carbocycles. The molecular weight excluding hydrogens is 1120 g/mol. The highest BCUT2D eigenvalue weighted by Crippen LogP contribution is 2.47. The molecular formula is C84H68BN3Si2. The van der Waals surface area contributed by atoms with Crippen molar-refractivity contribution >= 4 is 137 Å². The van der Waals surface area contributed by atoms with Crippen LogP contribution in [0.3, 0.4) is 0 Å². The van der Waals surface area contributed by atoms with Gasteiger partial charge in [0.25, 0.3) is 6.71 Å². The summed E-state index contributed by atoms with van der Waals surface area (Å²) < 4.78 is 2.59. The largest absolute Gasteiger partial charge is 0.312 e. The average molecular weight is 1190 g/mol. The van der Waals surface area contributed by atoms with Crippen LogP contribution in [0.4, 0.5) is 34.1 Å². The van der Waals surface area contributed by atoms with E-state index in [0.29, 0.717) is 11.8 Å². The van der Waals surface area contributed by atoms with Crippen molar-refractivity contribution in [3.8, 4) is 5.69 Å². The van der Waals surface area contributed by atoms with Crippen LogP contribution in [0.15, 0.2) is 328 Å². The molecule has 13 aromatic carbocycles. The first kappa shape index (κ1) is 55.1. The molecule has 0 amide bonds. The lowest BCUT2D eigenvalue weighted by Crippen LogP contribution is -2.77. The Labute approximate surface area is 531 Å². The van der Waals surface area contributed by atoms with E-state index < -0.39 is 16.1 Å². The number of para-hydroxylation sites is 4. The molecule has 0 fully saturated rings. The quantitative estimate of drug-likeness (QED) is 0.0842. The number of nitrogens with zero attached hydrogens (tertiary/aromatic N) is 3. The van der Waals surface area contributed by atoms with Crippen LogP contribution in [-0.2, 0) is 0 Å². The van der Waals surface area contributed by atoms with Gasteiger partial charge in [0.2, 0.25) is 0 Å². The molecule has 2 aliphatic rings. The molecule has 2 aliphatic heterocycles. The van der Waals surface area contributed by atoms with Crippen LogP contribution in [0.5, 0.6) is 0 Å². The van der Waals surface area contributed by atoms with Crippen LogP contribution in [0.25, 0.3) is 27.5 Å². The van der Waals surface area contributed by atoms with Gasteiger partial charge in [0.15, 0.2) is 16.1 Å². The lowest BCUT2D eigenvalue weighted by atomic mass is 9.33. The standard InChI is InChI=1S/C84H68BN3Si2/c1-59(2)61-51-53-75-71(55-61)72-56-62(60(3)4)52-54-76(72)87(75)64-57-79-83-80(58-64)88(78-48-28-29-49-81(78)89(65-33-14-6-15-34-65,66-35-16-7-17-36-66)67-37-18-8-19-38-67)84-74(85(83)73-45-26-27-47-77(73)86(79)63-31-12-5-13-32-63)46-30-50-82(84)90(68-39-20-9-21-40-68,69-41-22-10-23-42-69)70-43-24-11-25-44-70/h5-60H,1-4H3. The lowest BCUT2D eigenvalue weighted by Gasteiger charge is -2.48. The summed E-state index contributed by atoms with van der Waals surface area (Å²) in [7, 11) is -6.63. The summed E-state index contributed by atoms with van der Waals surface area (Å²) in [5.41, 5.74) is 17.0. The molecule has 90 heavy (non-hydrogen) atoms. The van der Waals surface area contributed by atoms with Crippen molar-refractivity contribution < 1.29 is 0 Å². The second-order valence-corrected chi connectivity index (χ2v) is 32.6. The number of hydrogen-bond donors (Lipinski definition) is 0. The third-order valence-electron chi connectivity index (χ3n) is 19.6. The maximum atomic E-state index is 2.81. The number of hydrogen-bond acceptors (Lipinski definition) is 2. The monoisotopic (exact) mass is 1190 g/mol. The van der Waals surface area contributed by atoms with Gasteiger partial charge < -0.3 is 14.4 Å². The smallest absolute Gasteiger partial charge is 0.252 e. The van der Waals surface area contributed by atoms with Crippen LogP contribution < -0.4 is 67.7 Å². The Morgan fingerprint density at radius 1 is 0.289 bits per heavy atom. The molecule has 0 radical (unpaired) electrons. The zero-order chi connectivity index (χ0) is 60.5. The van der Waals surface area contributed by atoms with E-state index in [1.165, 1.54) is 114 Å². The van der Waals surface area contributed by atoms with Crippen LogP contribution in [0.2, 0.25) is 0 Å². The predicted octanol–water partition coefficient (Wildman–Crippen LogP) is 13.9. The number of fused-ring (bicyclic) bond motifs is 7. The normalized spacial score (nSPS) is 12.8. The molecule has 3 heterocycles. The first-order valence-electron chi connectivity index (χ1n) is 31.9. The van der Waals surface area contributed by atoms with Crippen molar-refractivity contribution in [3.63, 3.8) is 0 Å². The molecule has 0 N–H and O–H groups in total. The van der Waals surface area contributed by atoms with E-state index in [0.717, 1.165) is 17.1 Å². The molecule has 6 heteroatoms. The third-order valence-corrected chi connectivity index (χ3v) is 29.2. The molecule has 0 unspecified atom stereocenters. The van der Waals surface area contributed by atoms with Crippen LogP contribution in [0.1, 0.15) is 50.7 Å². The van der Waals surface area contributed by atoms with Gasteiger partial charge in [-0.05, 0) is 142 Å². The van der Waals surface area contributed by atoms with E-state index >= 15 is 0 Å². The van der Waals surface area contributed by atoms with Crippen molar-refractivity contribution in [1.29, 1.82) is 0 Å². The van der Waals surface area contributed by atoms with Gasteiger partial charge in [-0.3, -0.25) is 0 Å². The van der Waals surface area contributed by atoms with E-state index in [-0.39, 0.29) is 6.71 Å². The number of benzene rings is 13. The minimum absolute atomic E-state index is 0.160. The first-order valence-corrected chi connectivity index (χ1v) is 35.9. The minimum Gasteiger partial charge on any atom is -0.312 e. The van der Waals surface area contributed by atoms with Gasteiger partial charge in [0, 0.05) is 44.9 Å². The summed E-state index contributed by atoms with van der Waals surface area (Å²) in [5, 5.41) is 13.2. The number of aromatic nitrogens is 1. The molecule has 0 spiro atoms. The van der Waals surface area contributed by atoms with Crippen LogP contribution >= 0.6 is 0 Å². The van der Waals surface area contributed by atoms with Gasteiger partial charge in [0.1, 0.15) is 0 Å². The highest BCUT2D eigenvalue weighted by atomic mass is 28.3. The van der Waals surface area contributed by atoms with Gasteiger partial charge in [-0.15, -0.1) is 0 Å². The Bertz CT molecular complexity index is 4700. The van der Waals surface area contributed by atoms with Crippen molar-refractivity contribution in [2.45, 2.75) is 39.5 Å². The zero-order valence-electron chi connectivity index (χ0n) is 51.3. The second kappa shape index (κ2) is 22.4. The maximum absolute atomic E-state index is 3.34. The highest BCUT2D eigenvalue weighted by molar-refractivity contribution is 7.21. The molecule has 1 aromatic heterocycles. The summed E-state index contributed by atoms with van der Waals surface area (Å²) in [5.74, 6) is 0.732. The molecule has 14 aromatic rings. The van der Waals surface area contributed by atoms with Crippen molar-refractivity contribution in [2.24, 2.45) is 0 Å². The third kappa shape index (κ3) is 8.53. The number of rotatable bonds is 13. The molecule has 0 saturated carbocycles. The Hall–Kier alpha value is -10.2. The van der Waals surface area contributed by atoms with Gasteiger partial charge in [0.05, 0.1) is 16.7 Å². The molecule has 16 rings (SSSR count). The minimum atomic E-state index is -3.34. The lowest BCUT2D eigenvalue weighted by molar-refractivity contribution is 0.868. The van der Waals surface area contributed by atoms with E-state index in [1.54, 1.807) is 0 Å². The summed E-state index contributed by atoms with van der Waals surface area (Å²) in [6.45, 7) is 9.10. The highest BCUT2D eigenvalue weighted by Gasteiger charge is 2.51. The van der Waals surface area contributed by atoms with Gasteiger partial charge >= 0.3 is 0 Å². The summed E-state index contributed by atoms with van der Waals surface area (Å²) >= 11 is 0. The first-order chi connectivity index (χ1) is 44.3. The fraction of sp³-hybridized carbons (Fsp3) is 0.0714. The zero-order valence-corrected chi connectivity index (χ0v) is 53.3. The Balaban J connectivity index is 1.13. The predicted molar refractivity (Wildman–Crippen MR) is 390 cm³/mol. The fourth-order valence-electron chi connectivity index (χ4n) is 15.6. The van der Waals surface area contributed by atoms with Gasteiger partial charge in [-0.2, -0.15) is 0 Å². The Morgan fingerprint density at radius 2 is 0.656 bits per heavy atom. The van der Waals surface area contributed by atoms with Crippen LogP contribution in [0, 0.1) is 0 Å².